The summed E-state index contributed by atoms with van der Waals surface area (Å²) in [5, 5.41) is 2.73. The molecule has 2 amide bonds. The Labute approximate surface area is 149 Å². The molecule has 0 aromatic heterocycles. The minimum Gasteiger partial charge on any atom is -0.337 e. The summed E-state index contributed by atoms with van der Waals surface area (Å²) in [6.45, 7) is 5.12. The number of rotatable bonds is 4. The lowest BCUT2D eigenvalue weighted by atomic mass is 10.1. The maximum absolute atomic E-state index is 12.4. The number of carbonyl (C=O) groups excluding carboxylic acids is 2. The highest BCUT2D eigenvalue weighted by atomic mass is 16.2. The van der Waals surface area contributed by atoms with Crippen molar-refractivity contribution in [3.8, 4) is 0 Å². The van der Waals surface area contributed by atoms with E-state index >= 15 is 0 Å². The third-order valence-corrected chi connectivity index (χ3v) is 5.12. The van der Waals surface area contributed by atoms with Crippen molar-refractivity contribution < 1.29 is 9.59 Å². The van der Waals surface area contributed by atoms with Crippen molar-refractivity contribution in [2.75, 3.05) is 31.5 Å². The lowest BCUT2D eigenvalue weighted by Gasteiger charge is -2.37. The molecule has 2 fully saturated rings. The van der Waals surface area contributed by atoms with Crippen LogP contribution in [0.15, 0.2) is 30.3 Å². The molecule has 2 aliphatic rings. The number of nitrogens with one attached hydrogen (secondary N) is 1. The van der Waals surface area contributed by atoms with Crippen molar-refractivity contribution in [2.24, 2.45) is 0 Å². The van der Waals surface area contributed by atoms with Gasteiger partial charge in [0.25, 0.3) is 0 Å². The molecule has 1 aliphatic heterocycles. The van der Waals surface area contributed by atoms with Crippen LogP contribution in [0.2, 0.25) is 0 Å². The number of carbonyl (C=O) groups is 2. The SMILES string of the molecule is CC(=O)Nc1ccc(/C=C/C(=O)N2CCN(C3CCCC3)CC2)cc1. The second-order valence-corrected chi connectivity index (χ2v) is 6.94. The Kier molecular flexibility index (Phi) is 5.87. The predicted octanol–water partition coefficient (Wildman–Crippen LogP) is 2.75. The Hall–Kier alpha value is -2.14. The van der Waals surface area contributed by atoms with Gasteiger partial charge in [0.2, 0.25) is 11.8 Å². The molecule has 1 heterocycles. The van der Waals surface area contributed by atoms with Gasteiger partial charge in [-0.25, -0.2) is 0 Å². The minimum absolute atomic E-state index is 0.0806. The van der Waals surface area contributed by atoms with Crippen LogP contribution in [0.1, 0.15) is 38.2 Å². The second-order valence-electron chi connectivity index (χ2n) is 6.94. The average molecular weight is 341 g/mol. The number of nitrogens with zero attached hydrogens (tertiary/aromatic N) is 2. The Bertz CT molecular complexity index is 625. The molecule has 1 aromatic rings. The molecule has 1 aromatic carbocycles. The Morgan fingerprint density at radius 3 is 2.28 bits per heavy atom. The highest BCUT2D eigenvalue weighted by molar-refractivity contribution is 5.92. The standard InChI is InChI=1S/C20H27N3O2/c1-16(24)21-18-9-6-17(7-10-18)8-11-20(25)23-14-12-22(13-15-23)19-4-2-3-5-19/h6-11,19H,2-5,12-15H2,1H3,(H,21,24)/b11-8+. The Morgan fingerprint density at radius 1 is 1.04 bits per heavy atom. The first kappa shape index (κ1) is 17.7. The molecule has 0 unspecified atom stereocenters. The van der Waals surface area contributed by atoms with Crippen molar-refractivity contribution in [1.82, 2.24) is 9.80 Å². The summed E-state index contributed by atoms with van der Waals surface area (Å²) in [5.74, 6) is -0.00720. The lowest BCUT2D eigenvalue weighted by Crippen LogP contribution is -2.51. The van der Waals surface area contributed by atoms with E-state index < -0.39 is 0 Å². The fourth-order valence-corrected chi connectivity index (χ4v) is 3.73. The van der Waals surface area contributed by atoms with Crippen LogP contribution in [-0.4, -0.2) is 53.8 Å². The summed E-state index contributed by atoms with van der Waals surface area (Å²) in [6, 6.07) is 8.22. The lowest BCUT2D eigenvalue weighted by molar-refractivity contribution is -0.128. The molecule has 134 valence electrons. The summed E-state index contributed by atoms with van der Waals surface area (Å²) in [4.78, 5) is 27.9. The third-order valence-electron chi connectivity index (χ3n) is 5.12. The van der Waals surface area contributed by atoms with Gasteiger partial charge in [0.15, 0.2) is 0 Å². The number of amides is 2. The van der Waals surface area contributed by atoms with E-state index in [1.807, 2.05) is 35.2 Å². The van der Waals surface area contributed by atoms with Gasteiger partial charge in [-0.05, 0) is 36.6 Å². The number of hydrogen-bond donors (Lipinski definition) is 1. The molecular formula is C20H27N3O2. The zero-order chi connectivity index (χ0) is 17.6. The van der Waals surface area contributed by atoms with Crippen LogP contribution in [-0.2, 0) is 9.59 Å². The average Bonchev–Trinajstić information content (AvgIpc) is 3.15. The van der Waals surface area contributed by atoms with Crippen LogP contribution in [0.3, 0.4) is 0 Å². The molecule has 25 heavy (non-hydrogen) atoms. The zero-order valence-electron chi connectivity index (χ0n) is 14.9. The first-order valence-corrected chi connectivity index (χ1v) is 9.20. The van der Waals surface area contributed by atoms with E-state index in [0.717, 1.165) is 43.5 Å². The molecule has 5 nitrogen and oxygen atoms in total. The summed E-state index contributed by atoms with van der Waals surface area (Å²) < 4.78 is 0. The van der Waals surface area contributed by atoms with E-state index in [2.05, 4.69) is 10.2 Å². The van der Waals surface area contributed by atoms with Crippen molar-refractivity contribution in [2.45, 2.75) is 38.6 Å². The highest BCUT2D eigenvalue weighted by Gasteiger charge is 2.27. The van der Waals surface area contributed by atoms with Crippen LogP contribution in [0.4, 0.5) is 5.69 Å². The maximum atomic E-state index is 12.4. The topological polar surface area (TPSA) is 52.7 Å². The van der Waals surface area contributed by atoms with Crippen LogP contribution in [0.25, 0.3) is 6.08 Å². The van der Waals surface area contributed by atoms with Crippen molar-refractivity contribution >= 4 is 23.6 Å². The summed E-state index contributed by atoms with van der Waals surface area (Å²) >= 11 is 0. The van der Waals surface area contributed by atoms with Gasteiger partial charge in [0.05, 0.1) is 0 Å². The van der Waals surface area contributed by atoms with Crippen molar-refractivity contribution in [1.29, 1.82) is 0 Å². The molecule has 5 heteroatoms. The summed E-state index contributed by atoms with van der Waals surface area (Å²) in [5.41, 5.74) is 1.71. The minimum atomic E-state index is -0.0878. The fraction of sp³-hybridized carbons (Fsp3) is 0.500. The summed E-state index contributed by atoms with van der Waals surface area (Å²) in [7, 11) is 0. The monoisotopic (exact) mass is 341 g/mol. The van der Waals surface area contributed by atoms with Gasteiger partial charge in [-0.1, -0.05) is 25.0 Å². The van der Waals surface area contributed by atoms with Crippen LogP contribution < -0.4 is 5.32 Å². The molecular weight excluding hydrogens is 314 g/mol. The molecule has 1 saturated heterocycles. The molecule has 1 saturated carbocycles. The van der Waals surface area contributed by atoms with Crippen LogP contribution in [0, 0.1) is 0 Å². The first-order chi connectivity index (χ1) is 12.1. The van der Waals surface area contributed by atoms with E-state index in [1.54, 1.807) is 6.08 Å². The van der Waals surface area contributed by atoms with Gasteiger partial charge in [-0.2, -0.15) is 0 Å². The van der Waals surface area contributed by atoms with Gasteiger partial charge < -0.3 is 10.2 Å². The van der Waals surface area contributed by atoms with Gasteiger partial charge in [-0.15, -0.1) is 0 Å². The van der Waals surface area contributed by atoms with Gasteiger partial charge in [0, 0.05) is 50.9 Å². The van der Waals surface area contributed by atoms with Gasteiger partial charge in [-0.3, -0.25) is 14.5 Å². The van der Waals surface area contributed by atoms with E-state index in [-0.39, 0.29) is 11.8 Å². The zero-order valence-corrected chi connectivity index (χ0v) is 14.9. The Morgan fingerprint density at radius 2 is 1.68 bits per heavy atom. The largest absolute Gasteiger partial charge is 0.337 e. The quantitative estimate of drug-likeness (QED) is 0.857. The van der Waals surface area contributed by atoms with Crippen LogP contribution in [0.5, 0.6) is 0 Å². The first-order valence-electron chi connectivity index (χ1n) is 9.20. The second kappa shape index (κ2) is 8.30. The molecule has 0 atom stereocenters. The number of anilines is 1. The maximum Gasteiger partial charge on any atom is 0.246 e. The molecule has 0 spiro atoms. The predicted molar refractivity (Wildman–Crippen MR) is 100 cm³/mol. The third kappa shape index (κ3) is 4.92. The van der Waals surface area contributed by atoms with E-state index in [0.29, 0.717) is 0 Å². The fourth-order valence-electron chi connectivity index (χ4n) is 3.73. The molecule has 3 rings (SSSR count). The molecule has 1 aliphatic carbocycles. The summed E-state index contributed by atoms with van der Waals surface area (Å²) in [6.07, 6.45) is 8.84. The number of hydrogen-bond acceptors (Lipinski definition) is 3. The molecule has 0 radical (unpaired) electrons. The molecule has 0 bridgehead atoms. The van der Waals surface area contributed by atoms with E-state index in [9.17, 15) is 9.59 Å². The van der Waals surface area contributed by atoms with E-state index in [1.165, 1.54) is 32.6 Å². The van der Waals surface area contributed by atoms with Gasteiger partial charge >= 0.3 is 0 Å². The number of benzene rings is 1. The van der Waals surface area contributed by atoms with Gasteiger partial charge in [0.1, 0.15) is 0 Å². The van der Waals surface area contributed by atoms with Crippen molar-refractivity contribution in [3.05, 3.63) is 35.9 Å². The Balaban J connectivity index is 1.48. The van der Waals surface area contributed by atoms with Crippen LogP contribution >= 0.6 is 0 Å². The normalized spacial score (nSPS) is 19.5. The van der Waals surface area contributed by atoms with E-state index in [4.69, 9.17) is 0 Å². The smallest absolute Gasteiger partial charge is 0.246 e. The highest BCUT2D eigenvalue weighted by Crippen LogP contribution is 2.24. The van der Waals surface area contributed by atoms with Crippen molar-refractivity contribution in [3.63, 3.8) is 0 Å². The number of piperazine rings is 1. The molecule has 1 N–H and O–H groups in total.